The minimum Gasteiger partial charge on any atom is -0.479 e. The number of para-hydroxylation sites is 1. The predicted molar refractivity (Wildman–Crippen MR) is 109 cm³/mol. The van der Waals surface area contributed by atoms with Gasteiger partial charge in [-0.3, -0.25) is 4.79 Å². The van der Waals surface area contributed by atoms with Crippen LogP contribution in [-0.2, 0) is 16.1 Å². The number of benzene rings is 2. The number of allylic oxidation sites excluding steroid dienone is 1. The molecule has 4 rings (SSSR count). The Bertz CT molecular complexity index is 1140. The number of Topliss-reactive ketones (excluding diaryl/α,β-unsaturated/α-hetero) is 1. The monoisotopic (exact) mass is 391 g/mol. The fourth-order valence-electron chi connectivity index (χ4n) is 3.45. The summed E-state index contributed by atoms with van der Waals surface area (Å²) in [5, 5.41) is 1.06. The molecule has 2 heterocycles. The number of aromatic nitrogens is 1. The molecule has 0 bridgehead atoms. The number of rotatable bonds is 5. The molecule has 1 aromatic heterocycles. The number of hydrogen-bond acceptors (Lipinski definition) is 5. The maximum atomic E-state index is 12.8. The van der Waals surface area contributed by atoms with Gasteiger partial charge in [0.05, 0.1) is 12.7 Å². The first-order valence-corrected chi connectivity index (χ1v) is 9.42. The molecule has 29 heavy (non-hydrogen) atoms. The van der Waals surface area contributed by atoms with Gasteiger partial charge >= 0.3 is 5.97 Å². The molecule has 148 valence electrons. The number of fused-ring (bicyclic) bond motifs is 2. The van der Waals surface area contributed by atoms with Gasteiger partial charge in [-0.2, -0.15) is 0 Å². The maximum absolute atomic E-state index is 12.8. The highest BCUT2D eigenvalue weighted by atomic mass is 16.6. The standard InChI is InChI=1S/C23H21NO5/c1-4-24-13-15(17-7-5-6-8-19(17)24)11-21-22(25)18-10-9-16(12-20(18)29-21)28-14(2)23(26)27-3/h5-14H,4H2,1-3H3/b21-11-. The smallest absolute Gasteiger partial charge is 0.346 e. The molecule has 0 spiro atoms. The van der Waals surface area contributed by atoms with Crippen molar-refractivity contribution < 1.29 is 23.8 Å². The number of esters is 1. The van der Waals surface area contributed by atoms with E-state index in [2.05, 4.69) is 22.3 Å². The summed E-state index contributed by atoms with van der Waals surface area (Å²) in [6.45, 7) is 4.50. The Kier molecular flexibility index (Phi) is 4.84. The molecule has 0 fully saturated rings. The van der Waals surface area contributed by atoms with Crippen LogP contribution in [0.4, 0.5) is 0 Å². The molecule has 0 saturated heterocycles. The molecule has 0 N–H and O–H groups in total. The number of hydrogen-bond donors (Lipinski definition) is 0. The minimum absolute atomic E-state index is 0.180. The van der Waals surface area contributed by atoms with Crippen LogP contribution in [0.15, 0.2) is 54.4 Å². The van der Waals surface area contributed by atoms with Crippen molar-refractivity contribution in [3.63, 3.8) is 0 Å². The first-order valence-electron chi connectivity index (χ1n) is 9.42. The van der Waals surface area contributed by atoms with Gasteiger partial charge in [-0.05, 0) is 38.1 Å². The fraction of sp³-hybridized carbons (Fsp3) is 0.217. The van der Waals surface area contributed by atoms with E-state index in [1.54, 1.807) is 31.2 Å². The average Bonchev–Trinajstić information content (AvgIpc) is 3.25. The van der Waals surface area contributed by atoms with Crippen LogP contribution in [0.25, 0.3) is 17.0 Å². The van der Waals surface area contributed by atoms with Crippen molar-refractivity contribution in [3.05, 3.63) is 65.5 Å². The van der Waals surface area contributed by atoms with Gasteiger partial charge in [-0.15, -0.1) is 0 Å². The van der Waals surface area contributed by atoms with Crippen molar-refractivity contribution in [1.29, 1.82) is 0 Å². The molecule has 0 radical (unpaired) electrons. The van der Waals surface area contributed by atoms with E-state index in [-0.39, 0.29) is 11.5 Å². The lowest BCUT2D eigenvalue weighted by atomic mass is 10.1. The summed E-state index contributed by atoms with van der Waals surface area (Å²) in [6, 6.07) is 13.0. The van der Waals surface area contributed by atoms with Crippen molar-refractivity contribution in [3.8, 4) is 11.5 Å². The van der Waals surface area contributed by atoms with Gasteiger partial charge in [0.15, 0.2) is 11.9 Å². The SMILES string of the molecule is CCn1cc(/C=C2\Oc3cc(OC(C)C(=O)OC)ccc3C2=O)c2ccccc21. The molecular formula is C23H21NO5. The van der Waals surface area contributed by atoms with Gasteiger partial charge in [0.1, 0.15) is 11.5 Å². The molecule has 6 nitrogen and oxygen atoms in total. The van der Waals surface area contributed by atoms with Gasteiger partial charge in [-0.1, -0.05) is 18.2 Å². The molecule has 2 aromatic carbocycles. The van der Waals surface area contributed by atoms with Crippen LogP contribution in [-0.4, -0.2) is 29.5 Å². The van der Waals surface area contributed by atoms with Crippen LogP contribution in [0.1, 0.15) is 29.8 Å². The highest BCUT2D eigenvalue weighted by Crippen LogP contribution is 2.36. The van der Waals surface area contributed by atoms with Gasteiger partial charge in [0, 0.05) is 35.3 Å². The van der Waals surface area contributed by atoms with Crippen molar-refractivity contribution in [2.45, 2.75) is 26.5 Å². The molecule has 1 aliphatic rings. The third kappa shape index (κ3) is 3.38. The molecule has 6 heteroatoms. The highest BCUT2D eigenvalue weighted by Gasteiger charge is 2.28. The number of methoxy groups -OCH3 is 1. The second kappa shape index (κ2) is 7.47. The molecule has 0 saturated carbocycles. The van der Waals surface area contributed by atoms with E-state index in [4.69, 9.17) is 9.47 Å². The lowest BCUT2D eigenvalue weighted by Crippen LogP contribution is -2.24. The fourth-order valence-corrected chi connectivity index (χ4v) is 3.45. The lowest BCUT2D eigenvalue weighted by molar-refractivity contribution is -0.147. The van der Waals surface area contributed by atoms with Gasteiger partial charge < -0.3 is 18.8 Å². The van der Waals surface area contributed by atoms with Gasteiger partial charge in [-0.25, -0.2) is 4.79 Å². The Morgan fingerprint density at radius 2 is 2.03 bits per heavy atom. The normalized spacial score (nSPS) is 15.3. The number of ether oxygens (including phenoxy) is 3. The van der Waals surface area contributed by atoms with Crippen LogP contribution < -0.4 is 9.47 Å². The quantitative estimate of drug-likeness (QED) is 0.481. The van der Waals surface area contributed by atoms with Gasteiger partial charge in [0.25, 0.3) is 0 Å². The number of ketones is 1. The lowest BCUT2D eigenvalue weighted by Gasteiger charge is -2.12. The Morgan fingerprint density at radius 1 is 1.24 bits per heavy atom. The van der Waals surface area contributed by atoms with E-state index < -0.39 is 12.1 Å². The first kappa shape index (κ1) is 18.8. The van der Waals surface area contributed by atoms with E-state index in [9.17, 15) is 9.59 Å². The zero-order valence-electron chi connectivity index (χ0n) is 16.5. The summed E-state index contributed by atoms with van der Waals surface area (Å²) in [7, 11) is 1.30. The van der Waals surface area contributed by atoms with Gasteiger partial charge in [0.2, 0.25) is 5.78 Å². The first-order chi connectivity index (χ1) is 14.0. The summed E-state index contributed by atoms with van der Waals surface area (Å²) in [5.74, 6) is 0.446. The Hall–Kier alpha value is -3.54. The third-order valence-electron chi connectivity index (χ3n) is 4.93. The zero-order chi connectivity index (χ0) is 20.5. The maximum Gasteiger partial charge on any atom is 0.346 e. The van der Waals surface area contributed by atoms with Crippen LogP contribution in [0.3, 0.4) is 0 Å². The summed E-state index contributed by atoms with van der Waals surface area (Å²) in [6.07, 6.45) is 3.03. The number of carbonyl (C=O) groups excluding carboxylic acids is 2. The second-order valence-corrected chi connectivity index (χ2v) is 6.77. The number of carbonyl (C=O) groups is 2. The van der Waals surface area contributed by atoms with Crippen molar-refractivity contribution >= 4 is 28.7 Å². The van der Waals surface area contributed by atoms with Crippen LogP contribution in [0.5, 0.6) is 11.5 Å². The van der Waals surface area contributed by atoms with E-state index in [0.29, 0.717) is 17.1 Å². The zero-order valence-corrected chi connectivity index (χ0v) is 16.5. The minimum atomic E-state index is -0.759. The summed E-state index contributed by atoms with van der Waals surface area (Å²) in [5.41, 5.74) is 2.50. The molecule has 0 aliphatic carbocycles. The average molecular weight is 391 g/mol. The van der Waals surface area contributed by atoms with Crippen LogP contribution in [0.2, 0.25) is 0 Å². The Balaban J connectivity index is 1.64. The highest BCUT2D eigenvalue weighted by molar-refractivity contribution is 6.15. The summed E-state index contributed by atoms with van der Waals surface area (Å²) in [4.78, 5) is 24.3. The molecular weight excluding hydrogens is 370 g/mol. The van der Waals surface area contributed by atoms with Crippen LogP contribution >= 0.6 is 0 Å². The number of aryl methyl sites for hydroxylation is 1. The molecule has 3 aromatic rings. The number of nitrogens with zero attached hydrogens (tertiary/aromatic N) is 1. The third-order valence-corrected chi connectivity index (χ3v) is 4.93. The molecule has 1 aliphatic heterocycles. The van der Waals surface area contributed by atoms with E-state index in [0.717, 1.165) is 23.0 Å². The summed E-state index contributed by atoms with van der Waals surface area (Å²) >= 11 is 0. The van der Waals surface area contributed by atoms with Crippen molar-refractivity contribution in [1.82, 2.24) is 4.57 Å². The molecule has 1 unspecified atom stereocenters. The second-order valence-electron chi connectivity index (χ2n) is 6.77. The van der Waals surface area contributed by atoms with E-state index in [1.807, 2.05) is 24.4 Å². The van der Waals surface area contributed by atoms with Crippen molar-refractivity contribution in [2.75, 3.05) is 7.11 Å². The largest absolute Gasteiger partial charge is 0.479 e. The topological polar surface area (TPSA) is 66.8 Å². The van der Waals surface area contributed by atoms with Crippen molar-refractivity contribution in [2.24, 2.45) is 0 Å². The van der Waals surface area contributed by atoms with Crippen LogP contribution in [0, 0.1) is 0 Å². The predicted octanol–water partition coefficient (Wildman–Crippen LogP) is 4.22. The van der Waals surface area contributed by atoms with E-state index in [1.165, 1.54) is 7.11 Å². The van der Waals surface area contributed by atoms with E-state index >= 15 is 0 Å². The Morgan fingerprint density at radius 3 is 2.79 bits per heavy atom. The molecule has 0 amide bonds. The molecule has 1 atom stereocenters. The Labute approximate surface area is 168 Å². The summed E-state index contributed by atoms with van der Waals surface area (Å²) < 4.78 is 18.2.